The smallest absolute Gasteiger partial charge is 0.128 e. The average molecular weight is 278 g/mol. The van der Waals surface area contributed by atoms with E-state index in [9.17, 15) is 4.39 Å². The molecule has 1 nitrogen and oxygen atoms in total. The van der Waals surface area contributed by atoms with Crippen LogP contribution in [-0.4, -0.2) is 6.54 Å². The highest BCUT2D eigenvalue weighted by atomic mass is 35.5. The van der Waals surface area contributed by atoms with E-state index in [2.05, 4.69) is 12.2 Å². The summed E-state index contributed by atoms with van der Waals surface area (Å²) in [6.45, 7) is 2.91. The first-order valence-electron chi connectivity index (χ1n) is 6.45. The van der Waals surface area contributed by atoms with E-state index in [1.165, 1.54) is 6.07 Å². The highest BCUT2D eigenvalue weighted by Gasteiger charge is 2.17. The fourth-order valence-corrected chi connectivity index (χ4v) is 2.26. The largest absolute Gasteiger partial charge is 0.306 e. The van der Waals surface area contributed by atoms with Crippen LogP contribution in [0.4, 0.5) is 4.39 Å². The molecular formula is C16H17ClFN. The molecular weight excluding hydrogens is 261 g/mol. The Morgan fingerprint density at radius 2 is 1.89 bits per heavy atom. The van der Waals surface area contributed by atoms with Crippen LogP contribution in [0.2, 0.25) is 5.02 Å². The lowest BCUT2D eigenvalue weighted by molar-refractivity contribution is 0.547. The molecule has 0 aliphatic rings. The second kappa shape index (κ2) is 6.69. The van der Waals surface area contributed by atoms with Gasteiger partial charge in [0.2, 0.25) is 0 Å². The first-order chi connectivity index (χ1) is 9.22. The van der Waals surface area contributed by atoms with Gasteiger partial charge in [0.1, 0.15) is 5.82 Å². The lowest BCUT2D eigenvalue weighted by atomic mass is 9.98. The molecule has 2 aromatic rings. The Hall–Kier alpha value is -1.38. The summed E-state index contributed by atoms with van der Waals surface area (Å²) in [6.07, 6.45) is 0.992. The maximum absolute atomic E-state index is 14.0. The van der Waals surface area contributed by atoms with Crippen LogP contribution in [0.5, 0.6) is 0 Å². The third-order valence-corrected chi connectivity index (χ3v) is 3.24. The molecule has 0 aliphatic carbocycles. The molecule has 0 amide bonds. The maximum Gasteiger partial charge on any atom is 0.128 e. The van der Waals surface area contributed by atoms with Crippen LogP contribution in [0.15, 0.2) is 48.5 Å². The topological polar surface area (TPSA) is 12.0 Å². The van der Waals surface area contributed by atoms with Gasteiger partial charge in [-0.1, -0.05) is 48.9 Å². The van der Waals surface area contributed by atoms with Crippen molar-refractivity contribution in [3.05, 3.63) is 70.5 Å². The Bertz CT molecular complexity index is 528. The van der Waals surface area contributed by atoms with Crippen molar-refractivity contribution in [2.75, 3.05) is 6.54 Å². The van der Waals surface area contributed by atoms with Crippen molar-refractivity contribution in [3.63, 3.8) is 0 Å². The Labute approximate surface area is 118 Å². The van der Waals surface area contributed by atoms with Crippen molar-refractivity contribution >= 4 is 11.6 Å². The van der Waals surface area contributed by atoms with Gasteiger partial charge in [-0.2, -0.15) is 0 Å². The first-order valence-corrected chi connectivity index (χ1v) is 6.83. The fourth-order valence-electron chi connectivity index (χ4n) is 2.08. The number of nitrogens with one attached hydrogen (secondary N) is 1. The quantitative estimate of drug-likeness (QED) is 0.844. The molecule has 0 radical (unpaired) electrons. The lowest BCUT2D eigenvalue weighted by Crippen LogP contribution is -2.24. The standard InChI is InChI=1S/C16H17ClFN/c1-2-10-19-16(12-6-4-3-5-7-12)14-11-13(17)8-9-15(14)18/h3-9,11,16,19H,2,10H2,1H3. The van der Waals surface area contributed by atoms with Crippen LogP contribution < -0.4 is 5.32 Å². The van der Waals surface area contributed by atoms with Gasteiger partial charge in [0.15, 0.2) is 0 Å². The van der Waals surface area contributed by atoms with Crippen LogP contribution in [-0.2, 0) is 0 Å². The molecule has 19 heavy (non-hydrogen) atoms. The van der Waals surface area contributed by atoms with Gasteiger partial charge in [-0.15, -0.1) is 0 Å². The van der Waals surface area contributed by atoms with Crippen molar-refractivity contribution < 1.29 is 4.39 Å². The first kappa shape index (κ1) is 14.0. The van der Waals surface area contributed by atoms with Crippen molar-refractivity contribution in [2.24, 2.45) is 0 Å². The summed E-state index contributed by atoms with van der Waals surface area (Å²) in [7, 11) is 0. The summed E-state index contributed by atoms with van der Waals surface area (Å²) in [6, 6.07) is 14.4. The fraction of sp³-hybridized carbons (Fsp3) is 0.250. The molecule has 0 saturated carbocycles. The number of hydrogen-bond donors (Lipinski definition) is 1. The molecule has 0 aliphatic heterocycles. The summed E-state index contributed by atoms with van der Waals surface area (Å²) < 4.78 is 14.0. The third kappa shape index (κ3) is 3.55. The summed E-state index contributed by atoms with van der Waals surface area (Å²) in [4.78, 5) is 0. The maximum atomic E-state index is 14.0. The predicted octanol–water partition coefficient (Wildman–Crippen LogP) is 4.57. The Morgan fingerprint density at radius 1 is 1.16 bits per heavy atom. The van der Waals surface area contributed by atoms with Gasteiger partial charge in [-0.05, 0) is 36.7 Å². The normalized spacial score (nSPS) is 12.4. The Kier molecular flexibility index (Phi) is 4.94. The minimum atomic E-state index is -0.234. The zero-order valence-corrected chi connectivity index (χ0v) is 11.6. The molecule has 1 unspecified atom stereocenters. The number of halogens is 2. The summed E-state index contributed by atoms with van der Waals surface area (Å²) in [5.74, 6) is -0.234. The van der Waals surface area contributed by atoms with Crippen LogP contribution in [0.25, 0.3) is 0 Å². The van der Waals surface area contributed by atoms with Crippen molar-refractivity contribution in [2.45, 2.75) is 19.4 Å². The molecule has 100 valence electrons. The molecule has 0 fully saturated rings. The summed E-state index contributed by atoms with van der Waals surface area (Å²) in [5, 5.41) is 3.92. The van der Waals surface area contributed by atoms with E-state index < -0.39 is 0 Å². The molecule has 0 bridgehead atoms. The number of hydrogen-bond acceptors (Lipinski definition) is 1. The molecule has 0 spiro atoms. The second-order valence-corrected chi connectivity index (χ2v) is 4.90. The average Bonchev–Trinajstić information content (AvgIpc) is 2.44. The van der Waals surface area contributed by atoms with Gasteiger partial charge in [-0.3, -0.25) is 0 Å². The predicted molar refractivity (Wildman–Crippen MR) is 78.0 cm³/mol. The van der Waals surface area contributed by atoms with Crippen LogP contribution >= 0.6 is 11.6 Å². The number of rotatable bonds is 5. The van der Waals surface area contributed by atoms with E-state index >= 15 is 0 Å². The van der Waals surface area contributed by atoms with Gasteiger partial charge >= 0.3 is 0 Å². The molecule has 0 heterocycles. The molecule has 2 rings (SSSR count). The van der Waals surface area contributed by atoms with Crippen molar-refractivity contribution in [1.29, 1.82) is 0 Å². The third-order valence-electron chi connectivity index (χ3n) is 3.00. The van der Waals surface area contributed by atoms with E-state index in [1.807, 2.05) is 30.3 Å². The zero-order valence-electron chi connectivity index (χ0n) is 10.9. The number of benzene rings is 2. The van der Waals surface area contributed by atoms with Gasteiger partial charge in [0.05, 0.1) is 6.04 Å². The van der Waals surface area contributed by atoms with Crippen LogP contribution in [0.3, 0.4) is 0 Å². The van der Waals surface area contributed by atoms with Gasteiger partial charge in [0, 0.05) is 10.6 Å². The van der Waals surface area contributed by atoms with E-state index in [4.69, 9.17) is 11.6 Å². The highest BCUT2D eigenvalue weighted by Crippen LogP contribution is 2.26. The van der Waals surface area contributed by atoms with Crippen LogP contribution in [0.1, 0.15) is 30.5 Å². The van der Waals surface area contributed by atoms with Gasteiger partial charge in [0.25, 0.3) is 0 Å². The summed E-state index contributed by atoms with van der Waals surface area (Å²) in [5.41, 5.74) is 1.63. The molecule has 1 N–H and O–H groups in total. The highest BCUT2D eigenvalue weighted by molar-refractivity contribution is 6.30. The zero-order chi connectivity index (χ0) is 13.7. The van der Waals surface area contributed by atoms with Gasteiger partial charge < -0.3 is 5.32 Å². The van der Waals surface area contributed by atoms with E-state index in [0.29, 0.717) is 10.6 Å². The molecule has 2 aromatic carbocycles. The minimum Gasteiger partial charge on any atom is -0.306 e. The van der Waals surface area contributed by atoms with Crippen molar-refractivity contribution in [3.8, 4) is 0 Å². The minimum absolute atomic E-state index is 0.167. The van der Waals surface area contributed by atoms with Gasteiger partial charge in [-0.25, -0.2) is 4.39 Å². The van der Waals surface area contributed by atoms with E-state index in [1.54, 1.807) is 12.1 Å². The molecule has 0 aromatic heterocycles. The van der Waals surface area contributed by atoms with Crippen molar-refractivity contribution in [1.82, 2.24) is 5.32 Å². The molecule has 1 atom stereocenters. The Balaban J connectivity index is 2.40. The van der Waals surface area contributed by atoms with Crippen LogP contribution in [0, 0.1) is 5.82 Å². The second-order valence-electron chi connectivity index (χ2n) is 4.46. The van der Waals surface area contributed by atoms with E-state index in [-0.39, 0.29) is 11.9 Å². The lowest BCUT2D eigenvalue weighted by Gasteiger charge is -2.20. The SMILES string of the molecule is CCCNC(c1ccccc1)c1cc(Cl)ccc1F. The molecule has 0 saturated heterocycles. The Morgan fingerprint density at radius 3 is 2.58 bits per heavy atom. The molecule has 3 heteroatoms. The summed E-state index contributed by atoms with van der Waals surface area (Å²) >= 11 is 5.99. The van der Waals surface area contributed by atoms with E-state index in [0.717, 1.165) is 18.5 Å². The monoisotopic (exact) mass is 277 g/mol.